The van der Waals surface area contributed by atoms with E-state index in [-0.39, 0.29) is 24.7 Å². The van der Waals surface area contributed by atoms with Crippen LogP contribution in [0.4, 0.5) is 0 Å². The minimum absolute atomic E-state index is 0.0885. The Morgan fingerprint density at radius 3 is 2.90 bits per heavy atom. The number of nitrogens with zero attached hydrogens (tertiary/aromatic N) is 1. The summed E-state index contributed by atoms with van der Waals surface area (Å²) < 4.78 is 5.26. The van der Waals surface area contributed by atoms with Gasteiger partial charge in [0.05, 0.1) is 36.5 Å². The van der Waals surface area contributed by atoms with Crippen molar-refractivity contribution in [1.82, 2.24) is 4.90 Å². The van der Waals surface area contributed by atoms with Gasteiger partial charge in [0.2, 0.25) is 5.91 Å². The lowest BCUT2D eigenvalue weighted by Crippen LogP contribution is -2.50. The van der Waals surface area contributed by atoms with Crippen LogP contribution in [0.3, 0.4) is 0 Å². The first-order chi connectivity index (χ1) is 10.1. The van der Waals surface area contributed by atoms with Gasteiger partial charge in [-0.15, -0.1) is 11.8 Å². The predicted molar refractivity (Wildman–Crippen MR) is 80.7 cm³/mol. The van der Waals surface area contributed by atoms with E-state index in [1.165, 1.54) is 11.8 Å². The highest BCUT2D eigenvalue weighted by molar-refractivity contribution is 8.00. The smallest absolute Gasteiger partial charge is 0.305 e. The molecule has 1 aromatic carbocycles. The third-order valence-corrected chi connectivity index (χ3v) is 4.65. The predicted octanol–water partition coefficient (Wildman–Crippen LogP) is 2.13. The zero-order valence-electron chi connectivity index (χ0n) is 11.3. The number of carbonyl (C=O) groups is 2. The number of thioether (sulfide) groups is 1. The number of benzene rings is 1. The fourth-order valence-electron chi connectivity index (χ4n) is 2.14. The molecule has 1 saturated heterocycles. The largest absolute Gasteiger partial charge is 0.481 e. The molecule has 0 radical (unpaired) electrons. The summed E-state index contributed by atoms with van der Waals surface area (Å²) in [4.78, 5) is 25.6. The van der Waals surface area contributed by atoms with Crippen LogP contribution < -0.4 is 0 Å². The Bertz CT molecular complexity index is 525. The molecule has 0 spiro atoms. The lowest BCUT2D eigenvalue weighted by atomic mass is 10.1. The van der Waals surface area contributed by atoms with E-state index in [0.717, 1.165) is 4.90 Å². The second kappa shape index (κ2) is 7.68. The summed E-state index contributed by atoms with van der Waals surface area (Å²) in [5.41, 5.74) is 0. The average molecular weight is 330 g/mol. The lowest BCUT2D eigenvalue weighted by molar-refractivity contribution is -0.144. The average Bonchev–Trinajstić information content (AvgIpc) is 2.46. The monoisotopic (exact) mass is 329 g/mol. The summed E-state index contributed by atoms with van der Waals surface area (Å²) in [6.45, 7) is 1.15. The van der Waals surface area contributed by atoms with Crippen molar-refractivity contribution in [3.63, 3.8) is 0 Å². The van der Waals surface area contributed by atoms with E-state index in [9.17, 15) is 9.59 Å². The molecule has 1 unspecified atom stereocenters. The first kappa shape index (κ1) is 16.1. The summed E-state index contributed by atoms with van der Waals surface area (Å²) in [7, 11) is 0. The van der Waals surface area contributed by atoms with Crippen LogP contribution in [-0.2, 0) is 14.3 Å². The number of morpholine rings is 1. The minimum atomic E-state index is -0.929. The van der Waals surface area contributed by atoms with Gasteiger partial charge >= 0.3 is 5.97 Å². The Labute approximate surface area is 132 Å². The van der Waals surface area contributed by atoms with Crippen LogP contribution in [0.25, 0.3) is 0 Å². The minimum Gasteiger partial charge on any atom is -0.481 e. The van der Waals surface area contributed by atoms with Gasteiger partial charge in [0, 0.05) is 11.4 Å². The zero-order chi connectivity index (χ0) is 15.2. The van der Waals surface area contributed by atoms with E-state index in [1.54, 1.807) is 11.0 Å². The molecule has 2 rings (SSSR count). The Kier molecular flexibility index (Phi) is 5.90. The molecule has 1 amide bonds. The van der Waals surface area contributed by atoms with Gasteiger partial charge in [-0.1, -0.05) is 23.7 Å². The van der Waals surface area contributed by atoms with Crippen LogP contribution in [0, 0.1) is 0 Å². The molecule has 21 heavy (non-hydrogen) atoms. The first-order valence-electron chi connectivity index (χ1n) is 6.54. The van der Waals surface area contributed by atoms with Crippen LogP contribution in [-0.4, -0.2) is 53.4 Å². The summed E-state index contributed by atoms with van der Waals surface area (Å²) in [6, 6.07) is 6.93. The van der Waals surface area contributed by atoms with Gasteiger partial charge < -0.3 is 14.7 Å². The van der Waals surface area contributed by atoms with E-state index in [1.807, 2.05) is 18.2 Å². The summed E-state index contributed by atoms with van der Waals surface area (Å²) in [5.74, 6) is -0.781. The van der Waals surface area contributed by atoms with E-state index < -0.39 is 12.0 Å². The van der Waals surface area contributed by atoms with Crippen LogP contribution in [0.15, 0.2) is 29.2 Å². The third-order valence-electron chi connectivity index (χ3n) is 3.15. The summed E-state index contributed by atoms with van der Waals surface area (Å²) >= 11 is 7.41. The van der Waals surface area contributed by atoms with Crippen molar-refractivity contribution < 1.29 is 19.4 Å². The van der Waals surface area contributed by atoms with Crippen molar-refractivity contribution >= 4 is 35.2 Å². The summed E-state index contributed by atoms with van der Waals surface area (Å²) in [5, 5.41) is 9.50. The molecule has 114 valence electrons. The van der Waals surface area contributed by atoms with Crippen LogP contribution in [0.5, 0.6) is 0 Å². The normalized spacial score (nSPS) is 18.5. The van der Waals surface area contributed by atoms with Gasteiger partial charge in [-0.05, 0) is 12.1 Å². The van der Waals surface area contributed by atoms with Gasteiger partial charge in [0.1, 0.15) is 0 Å². The number of hydrogen-bond donors (Lipinski definition) is 1. The van der Waals surface area contributed by atoms with Crippen molar-refractivity contribution in [2.75, 3.05) is 25.5 Å². The second-order valence-corrected chi connectivity index (χ2v) is 6.06. The topological polar surface area (TPSA) is 66.8 Å². The Hall–Kier alpha value is -1.24. The van der Waals surface area contributed by atoms with Gasteiger partial charge in [-0.25, -0.2) is 0 Å². The molecular formula is C14H16ClNO4S. The standard InChI is InChI=1S/C14H16ClNO4S/c15-11-3-1-2-4-12(11)21-9-13(17)16-5-6-20-8-10(16)7-14(18)19/h1-4,10H,5-9H2,(H,18,19). The maximum Gasteiger partial charge on any atom is 0.305 e. The van der Waals surface area contributed by atoms with Gasteiger partial charge in [0.15, 0.2) is 0 Å². The molecule has 0 saturated carbocycles. The molecule has 1 fully saturated rings. The number of ether oxygens (including phenoxy) is 1. The van der Waals surface area contributed by atoms with Crippen LogP contribution in [0.2, 0.25) is 5.02 Å². The Morgan fingerprint density at radius 1 is 1.43 bits per heavy atom. The van der Waals surface area contributed by atoms with Crippen molar-refractivity contribution in [2.24, 2.45) is 0 Å². The molecule has 0 aromatic heterocycles. The number of aliphatic carboxylic acids is 1. The summed E-state index contributed by atoms with van der Waals surface area (Å²) in [6.07, 6.45) is -0.0947. The first-order valence-corrected chi connectivity index (χ1v) is 7.90. The van der Waals surface area contributed by atoms with Gasteiger partial charge in [-0.3, -0.25) is 9.59 Å². The van der Waals surface area contributed by atoms with E-state index in [0.29, 0.717) is 18.2 Å². The van der Waals surface area contributed by atoms with Crippen molar-refractivity contribution in [2.45, 2.75) is 17.4 Å². The lowest BCUT2D eigenvalue weighted by Gasteiger charge is -2.34. The number of rotatable bonds is 5. The van der Waals surface area contributed by atoms with E-state index in [2.05, 4.69) is 0 Å². The number of carboxylic acid groups (broad SMARTS) is 1. The van der Waals surface area contributed by atoms with Crippen molar-refractivity contribution in [1.29, 1.82) is 0 Å². The quantitative estimate of drug-likeness (QED) is 0.838. The molecule has 5 nitrogen and oxygen atoms in total. The van der Waals surface area contributed by atoms with Crippen LogP contribution in [0.1, 0.15) is 6.42 Å². The van der Waals surface area contributed by atoms with Crippen molar-refractivity contribution in [3.05, 3.63) is 29.3 Å². The molecule has 1 heterocycles. The highest BCUT2D eigenvalue weighted by Crippen LogP contribution is 2.27. The molecule has 0 bridgehead atoms. The molecule has 1 aromatic rings. The SMILES string of the molecule is O=C(O)CC1COCCN1C(=O)CSc1ccccc1Cl. The third kappa shape index (κ3) is 4.62. The molecular weight excluding hydrogens is 314 g/mol. The maximum atomic E-state index is 12.3. The Balaban J connectivity index is 1.94. The number of carboxylic acids is 1. The second-order valence-electron chi connectivity index (χ2n) is 4.63. The maximum absolute atomic E-state index is 12.3. The molecule has 0 aliphatic carbocycles. The van der Waals surface area contributed by atoms with Crippen molar-refractivity contribution in [3.8, 4) is 0 Å². The van der Waals surface area contributed by atoms with E-state index >= 15 is 0 Å². The van der Waals surface area contributed by atoms with Gasteiger partial charge in [0.25, 0.3) is 0 Å². The fraction of sp³-hybridized carbons (Fsp3) is 0.429. The zero-order valence-corrected chi connectivity index (χ0v) is 12.9. The van der Waals surface area contributed by atoms with E-state index in [4.69, 9.17) is 21.4 Å². The molecule has 1 atom stereocenters. The molecule has 1 aliphatic rings. The molecule has 1 aliphatic heterocycles. The fourth-order valence-corrected chi connectivity index (χ4v) is 3.26. The van der Waals surface area contributed by atoms with Gasteiger partial charge in [-0.2, -0.15) is 0 Å². The molecule has 1 N–H and O–H groups in total. The number of amides is 1. The Morgan fingerprint density at radius 2 is 2.19 bits per heavy atom. The number of carbonyl (C=O) groups excluding carboxylic acids is 1. The molecule has 7 heteroatoms. The highest BCUT2D eigenvalue weighted by atomic mass is 35.5. The number of hydrogen-bond acceptors (Lipinski definition) is 4. The van der Waals surface area contributed by atoms with Crippen LogP contribution >= 0.6 is 23.4 Å². The number of halogens is 1. The highest BCUT2D eigenvalue weighted by Gasteiger charge is 2.28.